The van der Waals surface area contributed by atoms with E-state index in [0.29, 0.717) is 25.8 Å². The van der Waals surface area contributed by atoms with E-state index in [1.54, 1.807) is 0 Å². The van der Waals surface area contributed by atoms with Crippen molar-refractivity contribution in [2.75, 3.05) is 11.9 Å². The lowest BCUT2D eigenvalue weighted by Crippen LogP contribution is -2.29. The highest BCUT2D eigenvalue weighted by molar-refractivity contribution is 14.1. The Balaban J connectivity index is 1.65. The summed E-state index contributed by atoms with van der Waals surface area (Å²) in [4.78, 5) is 36.2. The number of anilines is 1. The van der Waals surface area contributed by atoms with Crippen LogP contribution in [0.15, 0.2) is 18.2 Å². The molecule has 1 N–H and O–H groups in total. The van der Waals surface area contributed by atoms with Crippen molar-refractivity contribution in [3.05, 3.63) is 27.3 Å². The lowest BCUT2D eigenvalue weighted by Gasteiger charge is -2.13. The summed E-state index contributed by atoms with van der Waals surface area (Å²) < 4.78 is 1.14. The Morgan fingerprint density at radius 1 is 1.17 bits per heavy atom. The van der Waals surface area contributed by atoms with Crippen LogP contribution in [0.1, 0.15) is 44.1 Å². The van der Waals surface area contributed by atoms with Gasteiger partial charge in [-0.25, -0.2) is 0 Å². The minimum Gasteiger partial charge on any atom is -0.326 e. The van der Waals surface area contributed by atoms with E-state index in [-0.39, 0.29) is 17.7 Å². The molecule has 1 aliphatic heterocycles. The SMILES string of the molecule is Cc1cc(I)ccc1NC(=O)CCCCCN1C(=O)CCC1=O. The average molecular weight is 428 g/mol. The average Bonchev–Trinajstić information content (AvgIpc) is 2.81. The molecule has 3 amide bonds. The lowest BCUT2D eigenvalue weighted by atomic mass is 10.1. The van der Waals surface area contributed by atoms with Crippen LogP contribution in [0, 0.1) is 10.5 Å². The van der Waals surface area contributed by atoms with E-state index in [4.69, 9.17) is 0 Å². The molecule has 1 aromatic rings. The van der Waals surface area contributed by atoms with E-state index in [1.165, 1.54) is 4.90 Å². The number of hydrogen-bond donors (Lipinski definition) is 1. The minimum absolute atomic E-state index is 0.00244. The van der Waals surface area contributed by atoms with Crippen LogP contribution >= 0.6 is 22.6 Å². The molecule has 0 saturated carbocycles. The summed E-state index contributed by atoms with van der Waals surface area (Å²) in [7, 11) is 0. The van der Waals surface area contributed by atoms with Crippen LogP contribution < -0.4 is 5.32 Å². The number of imide groups is 1. The van der Waals surface area contributed by atoms with Gasteiger partial charge < -0.3 is 5.32 Å². The maximum Gasteiger partial charge on any atom is 0.229 e. The van der Waals surface area contributed by atoms with Gasteiger partial charge >= 0.3 is 0 Å². The molecule has 1 aliphatic rings. The molecule has 0 aliphatic carbocycles. The number of likely N-dealkylation sites (tertiary alicyclic amines) is 1. The Labute approximate surface area is 149 Å². The van der Waals surface area contributed by atoms with Gasteiger partial charge in [-0.15, -0.1) is 0 Å². The van der Waals surface area contributed by atoms with Gasteiger partial charge in [-0.1, -0.05) is 6.42 Å². The zero-order chi connectivity index (χ0) is 16.8. The van der Waals surface area contributed by atoms with E-state index in [9.17, 15) is 14.4 Å². The van der Waals surface area contributed by atoms with Crippen LogP contribution in [0.25, 0.3) is 0 Å². The van der Waals surface area contributed by atoms with Gasteiger partial charge in [0.25, 0.3) is 0 Å². The first-order chi connectivity index (χ1) is 11.0. The Hall–Kier alpha value is -1.44. The number of carbonyl (C=O) groups is 3. The lowest BCUT2D eigenvalue weighted by molar-refractivity contribution is -0.138. The van der Waals surface area contributed by atoms with E-state index in [2.05, 4.69) is 27.9 Å². The summed E-state index contributed by atoms with van der Waals surface area (Å²) in [5, 5.41) is 2.92. The fourth-order valence-corrected chi connectivity index (χ4v) is 3.23. The van der Waals surface area contributed by atoms with Crippen molar-refractivity contribution in [2.45, 2.75) is 45.4 Å². The Kier molecular flexibility index (Phi) is 6.56. The number of nitrogens with one attached hydrogen (secondary N) is 1. The van der Waals surface area contributed by atoms with Crippen LogP contribution in [0.4, 0.5) is 5.69 Å². The van der Waals surface area contributed by atoms with Crippen molar-refractivity contribution in [3.63, 3.8) is 0 Å². The number of unbranched alkanes of at least 4 members (excludes halogenated alkanes) is 2. The van der Waals surface area contributed by atoms with Crippen molar-refractivity contribution >= 4 is 46.0 Å². The fraction of sp³-hybridized carbons (Fsp3) is 0.471. The first-order valence-corrected chi connectivity index (χ1v) is 8.94. The van der Waals surface area contributed by atoms with Crippen molar-refractivity contribution < 1.29 is 14.4 Å². The summed E-state index contributed by atoms with van der Waals surface area (Å²) in [6.45, 7) is 2.46. The summed E-state index contributed by atoms with van der Waals surface area (Å²) in [6, 6.07) is 5.91. The monoisotopic (exact) mass is 428 g/mol. The molecule has 0 bridgehead atoms. The van der Waals surface area contributed by atoms with E-state index in [0.717, 1.165) is 34.1 Å². The zero-order valence-corrected chi connectivity index (χ0v) is 15.4. The molecule has 0 aromatic heterocycles. The maximum atomic E-state index is 11.9. The number of amides is 3. The number of nitrogens with zero attached hydrogens (tertiary/aromatic N) is 1. The first-order valence-electron chi connectivity index (χ1n) is 7.86. The molecule has 0 atom stereocenters. The van der Waals surface area contributed by atoms with Crippen molar-refractivity contribution in [2.24, 2.45) is 0 Å². The highest BCUT2D eigenvalue weighted by Gasteiger charge is 2.27. The predicted molar refractivity (Wildman–Crippen MR) is 96.9 cm³/mol. The zero-order valence-electron chi connectivity index (χ0n) is 13.2. The predicted octanol–water partition coefficient (Wildman–Crippen LogP) is 3.25. The van der Waals surface area contributed by atoms with E-state index < -0.39 is 0 Å². The van der Waals surface area contributed by atoms with Gasteiger partial charge in [0.2, 0.25) is 17.7 Å². The Morgan fingerprint density at radius 2 is 1.87 bits per heavy atom. The Bertz CT molecular complexity index is 600. The molecular formula is C17H21IN2O3. The van der Waals surface area contributed by atoms with Crippen LogP contribution in [0.2, 0.25) is 0 Å². The molecule has 1 saturated heterocycles. The van der Waals surface area contributed by atoms with Crippen LogP contribution in [-0.2, 0) is 14.4 Å². The third kappa shape index (κ3) is 5.30. The second-order valence-electron chi connectivity index (χ2n) is 5.76. The van der Waals surface area contributed by atoms with Crippen LogP contribution in [0.3, 0.4) is 0 Å². The van der Waals surface area contributed by atoms with Crippen LogP contribution in [0.5, 0.6) is 0 Å². The van der Waals surface area contributed by atoms with Crippen molar-refractivity contribution in [1.82, 2.24) is 4.90 Å². The van der Waals surface area contributed by atoms with Gasteiger partial charge in [0.15, 0.2) is 0 Å². The quantitative estimate of drug-likeness (QED) is 0.412. The number of benzene rings is 1. The molecule has 5 nitrogen and oxygen atoms in total. The van der Waals surface area contributed by atoms with E-state index in [1.807, 2.05) is 25.1 Å². The van der Waals surface area contributed by atoms with Gasteiger partial charge in [-0.05, 0) is 66.1 Å². The number of rotatable bonds is 7. The molecule has 0 unspecified atom stereocenters. The van der Waals surface area contributed by atoms with Gasteiger partial charge in [-0.2, -0.15) is 0 Å². The van der Waals surface area contributed by atoms with Crippen molar-refractivity contribution in [3.8, 4) is 0 Å². The number of aryl methyl sites for hydroxylation is 1. The summed E-state index contributed by atoms with van der Waals surface area (Å²) in [5.74, 6) is -0.133. The van der Waals surface area contributed by atoms with Gasteiger partial charge in [0, 0.05) is 35.1 Å². The summed E-state index contributed by atoms with van der Waals surface area (Å²) >= 11 is 2.24. The fourth-order valence-electron chi connectivity index (χ4n) is 2.58. The van der Waals surface area contributed by atoms with Crippen molar-refractivity contribution in [1.29, 1.82) is 0 Å². The number of halogens is 1. The maximum absolute atomic E-state index is 11.9. The standard InChI is InChI=1S/C17H21IN2O3/c1-12-11-13(18)6-7-14(12)19-15(21)5-3-2-4-10-20-16(22)8-9-17(20)23/h6-7,11H,2-5,8-10H2,1H3,(H,19,21). The van der Waals surface area contributed by atoms with Gasteiger partial charge in [0.05, 0.1) is 0 Å². The van der Waals surface area contributed by atoms with Gasteiger partial charge in [-0.3, -0.25) is 19.3 Å². The van der Waals surface area contributed by atoms with Gasteiger partial charge in [0.1, 0.15) is 0 Å². The third-order valence-corrected chi connectivity index (χ3v) is 4.57. The minimum atomic E-state index is -0.0677. The van der Waals surface area contributed by atoms with E-state index >= 15 is 0 Å². The largest absolute Gasteiger partial charge is 0.326 e. The first kappa shape index (κ1) is 17.9. The smallest absolute Gasteiger partial charge is 0.229 e. The topological polar surface area (TPSA) is 66.5 Å². The molecule has 124 valence electrons. The molecule has 23 heavy (non-hydrogen) atoms. The highest BCUT2D eigenvalue weighted by atomic mass is 127. The summed E-state index contributed by atoms with van der Waals surface area (Å²) in [6.07, 6.45) is 3.48. The Morgan fingerprint density at radius 3 is 2.52 bits per heavy atom. The molecule has 2 rings (SSSR count). The molecule has 1 aromatic carbocycles. The second-order valence-corrected chi connectivity index (χ2v) is 7.00. The van der Waals surface area contributed by atoms with Crippen LogP contribution in [-0.4, -0.2) is 29.2 Å². The molecule has 0 radical (unpaired) electrons. The summed E-state index contributed by atoms with van der Waals surface area (Å²) in [5.41, 5.74) is 1.90. The number of hydrogen-bond acceptors (Lipinski definition) is 3. The highest BCUT2D eigenvalue weighted by Crippen LogP contribution is 2.18. The number of carbonyl (C=O) groups excluding carboxylic acids is 3. The molecular weight excluding hydrogens is 407 g/mol. The molecule has 6 heteroatoms. The molecule has 1 heterocycles. The third-order valence-electron chi connectivity index (χ3n) is 3.90. The normalized spacial score (nSPS) is 14.4. The second kappa shape index (κ2) is 8.42. The molecule has 1 fully saturated rings. The molecule has 0 spiro atoms.